The molecule has 0 bridgehead atoms. The average Bonchev–Trinajstić information content (AvgIpc) is 3.03. The predicted molar refractivity (Wildman–Crippen MR) is 92.0 cm³/mol. The smallest absolute Gasteiger partial charge is 0.232 e. The Labute approximate surface area is 140 Å². The molecule has 1 aromatic carbocycles. The van der Waals surface area contributed by atoms with Crippen LogP contribution in [0.5, 0.6) is 0 Å². The Bertz CT molecular complexity index is 842. The molecule has 0 spiro atoms. The minimum atomic E-state index is -0.180. The molecule has 2 heterocycles. The molecule has 24 heavy (non-hydrogen) atoms. The van der Waals surface area contributed by atoms with E-state index in [1.807, 2.05) is 62.5 Å². The standard InChI is InChI=1S/C18H19N5O/c1-3-14-11-13(2)19-18(20-14)21-17(24)12-15-9-10-23(22-15)16-7-5-4-6-8-16/h4-11H,3,12H2,1-2H3,(H,19,20,21,24). The fourth-order valence-corrected chi connectivity index (χ4v) is 2.38. The number of carbonyl (C=O) groups excluding carboxylic acids is 1. The van der Waals surface area contributed by atoms with Crippen LogP contribution in [0.15, 0.2) is 48.7 Å². The summed E-state index contributed by atoms with van der Waals surface area (Å²) in [7, 11) is 0. The van der Waals surface area contributed by atoms with Crippen LogP contribution in [-0.2, 0) is 17.6 Å². The highest BCUT2D eigenvalue weighted by Crippen LogP contribution is 2.09. The second kappa shape index (κ2) is 7.04. The van der Waals surface area contributed by atoms with E-state index in [1.165, 1.54) is 0 Å². The number of para-hydroxylation sites is 1. The Morgan fingerprint density at radius 2 is 1.92 bits per heavy atom. The van der Waals surface area contributed by atoms with E-state index < -0.39 is 0 Å². The third-order valence-electron chi connectivity index (χ3n) is 3.53. The molecule has 0 unspecified atom stereocenters. The second-order valence-corrected chi connectivity index (χ2v) is 5.49. The maximum Gasteiger partial charge on any atom is 0.232 e. The van der Waals surface area contributed by atoms with E-state index in [0.29, 0.717) is 11.6 Å². The van der Waals surface area contributed by atoms with Gasteiger partial charge in [-0.3, -0.25) is 10.1 Å². The minimum absolute atomic E-state index is 0.179. The number of nitrogens with one attached hydrogen (secondary N) is 1. The van der Waals surface area contributed by atoms with Crippen molar-refractivity contribution in [1.82, 2.24) is 19.7 Å². The van der Waals surface area contributed by atoms with Crippen LogP contribution in [0.1, 0.15) is 24.0 Å². The molecule has 0 fully saturated rings. The summed E-state index contributed by atoms with van der Waals surface area (Å²) >= 11 is 0. The number of amides is 1. The summed E-state index contributed by atoms with van der Waals surface area (Å²) in [5.41, 5.74) is 3.40. The van der Waals surface area contributed by atoms with Gasteiger partial charge < -0.3 is 0 Å². The molecule has 0 saturated carbocycles. The van der Waals surface area contributed by atoms with Gasteiger partial charge in [0.15, 0.2) is 0 Å². The molecule has 0 atom stereocenters. The third-order valence-corrected chi connectivity index (χ3v) is 3.53. The summed E-state index contributed by atoms with van der Waals surface area (Å²) in [4.78, 5) is 20.8. The molecule has 122 valence electrons. The third kappa shape index (κ3) is 3.84. The molecule has 6 heteroatoms. The lowest BCUT2D eigenvalue weighted by molar-refractivity contribution is -0.115. The molecule has 0 saturated heterocycles. The lowest BCUT2D eigenvalue weighted by Gasteiger charge is -2.05. The number of benzene rings is 1. The fraction of sp³-hybridized carbons (Fsp3) is 0.222. The largest absolute Gasteiger partial charge is 0.294 e. The van der Waals surface area contributed by atoms with Gasteiger partial charge in [0, 0.05) is 17.6 Å². The van der Waals surface area contributed by atoms with E-state index >= 15 is 0 Å². The number of aromatic nitrogens is 4. The number of anilines is 1. The van der Waals surface area contributed by atoms with Crippen LogP contribution in [0, 0.1) is 6.92 Å². The Morgan fingerprint density at radius 3 is 2.67 bits per heavy atom. The first-order valence-corrected chi connectivity index (χ1v) is 7.88. The molecule has 2 aromatic heterocycles. The van der Waals surface area contributed by atoms with E-state index in [4.69, 9.17) is 0 Å². The summed E-state index contributed by atoms with van der Waals surface area (Å²) in [5.74, 6) is 0.167. The highest BCUT2D eigenvalue weighted by Gasteiger charge is 2.10. The van der Waals surface area contributed by atoms with Crippen LogP contribution < -0.4 is 5.32 Å². The highest BCUT2D eigenvalue weighted by atomic mass is 16.1. The van der Waals surface area contributed by atoms with Gasteiger partial charge in [-0.1, -0.05) is 25.1 Å². The van der Waals surface area contributed by atoms with Crippen molar-refractivity contribution in [3.63, 3.8) is 0 Å². The van der Waals surface area contributed by atoms with Crippen molar-refractivity contribution < 1.29 is 4.79 Å². The van der Waals surface area contributed by atoms with Crippen molar-refractivity contribution in [3.8, 4) is 5.69 Å². The van der Waals surface area contributed by atoms with E-state index in [-0.39, 0.29) is 12.3 Å². The van der Waals surface area contributed by atoms with Crippen molar-refractivity contribution >= 4 is 11.9 Å². The molecule has 6 nitrogen and oxygen atoms in total. The molecule has 3 aromatic rings. The summed E-state index contributed by atoms with van der Waals surface area (Å²) in [5, 5.41) is 7.17. The normalized spacial score (nSPS) is 10.6. The first kappa shape index (κ1) is 15.9. The zero-order valence-electron chi connectivity index (χ0n) is 13.7. The van der Waals surface area contributed by atoms with Gasteiger partial charge in [0.1, 0.15) is 0 Å². The van der Waals surface area contributed by atoms with Gasteiger partial charge in [0.25, 0.3) is 0 Å². The van der Waals surface area contributed by atoms with Crippen LogP contribution >= 0.6 is 0 Å². The summed E-state index contributed by atoms with van der Waals surface area (Å²) in [6.07, 6.45) is 2.82. The second-order valence-electron chi connectivity index (χ2n) is 5.49. The SMILES string of the molecule is CCc1cc(C)nc(NC(=O)Cc2ccn(-c3ccccc3)n2)n1. The first-order chi connectivity index (χ1) is 11.6. The molecule has 0 radical (unpaired) electrons. The molecule has 0 aliphatic rings. The van der Waals surface area contributed by atoms with Crippen molar-refractivity contribution in [2.45, 2.75) is 26.7 Å². The van der Waals surface area contributed by atoms with Gasteiger partial charge in [-0.25, -0.2) is 14.6 Å². The number of rotatable bonds is 5. The predicted octanol–water partition coefficient (Wildman–Crippen LogP) is 2.71. The van der Waals surface area contributed by atoms with Crippen LogP contribution in [0.3, 0.4) is 0 Å². The van der Waals surface area contributed by atoms with Crippen LogP contribution in [0.25, 0.3) is 5.69 Å². The molecule has 0 aliphatic heterocycles. The summed E-state index contributed by atoms with van der Waals surface area (Å²) < 4.78 is 1.75. The fourth-order valence-electron chi connectivity index (χ4n) is 2.38. The molecular formula is C18H19N5O. The monoisotopic (exact) mass is 321 g/mol. The van der Waals surface area contributed by atoms with Gasteiger partial charge in [-0.2, -0.15) is 5.10 Å². The van der Waals surface area contributed by atoms with E-state index in [2.05, 4.69) is 20.4 Å². The lowest BCUT2D eigenvalue weighted by atomic mass is 10.3. The van der Waals surface area contributed by atoms with Crippen LogP contribution in [0.4, 0.5) is 5.95 Å². The average molecular weight is 321 g/mol. The number of hydrogen-bond acceptors (Lipinski definition) is 4. The van der Waals surface area contributed by atoms with Crippen LogP contribution in [-0.4, -0.2) is 25.7 Å². The van der Waals surface area contributed by atoms with Gasteiger partial charge in [0.05, 0.1) is 17.8 Å². The molecule has 3 rings (SSSR count). The zero-order chi connectivity index (χ0) is 16.9. The maximum atomic E-state index is 12.2. The Morgan fingerprint density at radius 1 is 1.12 bits per heavy atom. The number of aryl methyl sites for hydroxylation is 2. The van der Waals surface area contributed by atoms with Crippen molar-refractivity contribution in [2.24, 2.45) is 0 Å². The van der Waals surface area contributed by atoms with E-state index in [0.717, 1.165) is 23.5 Å². The highest BCUT2D eigenvalue weighted by molar-refractivity contribution is 5.90. The Kier molecular flexibility index (Phi) is 4.65. The van der Waals surface area contributed by atoms with Crippen molar-refractivity contribution in [1.29, 1.82) is 0 Å². The first-order valence-electron chi connectivity index (χ1n) is 7.88. The molecule has 1 N–H and O–H groups in total. The molecule has 0 aliphatic carbocycles. The van der Waals surface area contributed by atoms with Gasteiger partial charge in [-0.15, -0.1) is 0 Å². The topological polar surface area (TPSA) is 72.7 Å². The van der Waals surface area contributed by atoms with Crippen molar-refractivity contribution in [2.75, 3.05) is 5.32 Å². The Hall–Kier alpha value is -3.02. The van der Waals surface area contributed by atoms with Crippen LogP contribution in [0.2, 0.25) is 0 Å². The quantitative estimate of drug-likeness (QED) is 0.784. The van der Waals surface area contributed by atoms with Crippen molar-refractivity contribution in [3.05, 3.63) is 65.7 Å². The van der Waals surface area contributed by atoms with E-state index in [1.54, 1.807) is 4.68 Å². The van der Waals surface area contributed by atoms with E-state index in [9.17, 15) is 4.79 Å². The lowest BCUT2D eigenvalue weighted by Crippen LogP contribution is -2.17. The van der Waals surface area contributed by atoms with Gasteiger partial charge in [0.2, 0.25) is 11.9 Å². The Balaban J connectivity index is 1.67. The summed E-state index contributed by atoms with van der Waals surface area (Å²) in [6.45, 7) is 3.90. The van der Waals surface area contributed by atoms with Gasteiger partial charge in [-0.05, 0) is 37.6 Å². The maximum absolute atomic E-state index is 12.2. The molecule has 1 amide bonds. The minimum Gasteiger partial charge on any atom is -0.294 e. The zero-order valence-corrected chi connectivity index (χ0v) is 13.7. The number of carbonyl (C=O) groups is 1. The number of hydrogen-bond donors (Lipinski definition) is 1. The number of nitrogens with zero attached hydrogens (tertiary/aromatic N) is 4. The molecular weight excluding hydrogens is 302 g/mol. The van der Waals surface area contributed by atoms with Gasteiger partial charge >= 0.3 is 0 Å². The summed E-state index contributed by atoms with van der Waals surface area (Å²) in [6, 6.07) is 13.5.